The fourth-order valence-corrected chi connectivity index (χ4v) is 2.82. The smallest absolute Gasteiger partial charge is 0.300 e. The van der Waals surface area contributed by atoms with E-state index in [1.165, 1.54) is 0 Å². The highest BCUT2D eigenvalue weighted by atomic mass is 35.5. The largest absolute Gasteiger partial charge is 0.449 e. The van der Waals surface area contributed by atoms with E-state index in [4.69, 9.17) is 16.6 Å². The molecule has 1 aromatic rings. The van der Waals surface area contributed by atoms with E-state index in [0.29, 0.717) is 6.42 Å². The molecule has 0 bridgehead atoms. The highest BCUT2D eigenvalue weighted by molar-refractivity contribution is 7.10. The van der Waals surface area contributed by atoms with Crippen LogP contribution in [0.4, 0.5) is 0 Å². The van der Waals surface area contributed by atoms with Crippen LogP contribution in [0.25, 0.3) is 0 Å². The molecular weight excluding hydrogens is 214 g/mol. The summed E-state index contributed by atoms with van der Waals surface area (Å²) in [5.41, 5.74) is 0.982. The molecule has 1 nitrogen and oxygen atoms in total. The topological polar surface area (TPSA) is 20.2 Å². The molecule has 0 saturated carbocycles. The molecular formula is C10H10BClOS. The van der Waals surface area contributed by atoms with Crippen molar-refractivity contribution in [2.75, 3.05) is 0 Å². The normalized spacial score (nSPS) is 26.0. The lowest BCUT2D eigenvalue weighted by Crippen LogP contribution is -2.19. The first-order valence-corrected chi connectivity index (χ1v) is 5.71. The van der Waals surface area contributed by atoms with Gasteiger partial charge in [0.2, 0.25) is 0 Å². The Morgan fingerprint density at radius 3 is 3.07 bits per heavy atom. The predicted molar refractivity (Wildman–Crippen MR) is 63.1 cm³/mol. The summed E-state index contributed by atoms with van der Waals surface area (Å²) in [5.74, 6) is 0. The van der Waals surface area contributed by atoms with Crippen LogP contribution in [0, 0.1) is 0 Å². The first kappa shape index (κ1) is 10.0. The summed E-state index contributed by atoms with van der Waals surface area (Å²) in [6.07, 6.45) is 6.53. The van der Waals surface area contributed by atoms with Crippen LogP contribution in [-0.4, -0.2) is 12.5 Å². The first-order valence-electron chi connectivity index (χ1n) is 4.46. The molecule has 1 unspecified atom stereocenters. The lowest BCUT2D eigenvalue weighted by atomic mass is 9.77. The minimum atomic E-state index is -0.443. The maximum Gasteiger partial charge on any atom is 0.300 e. The van der Waals surface area contributed by atoms with Crippen LogP contribution in [0.15, 0.2) is 41.2 Å². The highest BCUT2D eigenvalue weighted by Crippen LogP contribution is 2.41. The maximum atomic E-state index is 9.06. The van der Waals surface area contributed by atoms with Crippen LogP contribution in [0.2, 0.25) is 0 Å². The van der Waals surface area contributed by atoms with Crippen molar-refractivity contribution < 1.29 is 5.02 Å². The van der Waals surface area contributed by atoms with Crippen molar-refractivity contribution in [3.8, 4) is 0 Å². The molecule has 4 heteroatoms. The highest BCUT2D eigenvalue weighted by Gasteiger charge is 2.30. The molecule has 72 valence electrons. The van der Waals surface area contributed by atoms with Gasteiger partial charge in [-0.2, -0.15) is 0 Å². The summed E-state index contributed by atoms with van der Waals surface area (Å²) >= 11 is 8.14. The Bertz CT molecular complexity index is 371. The van der Waals surface area contributed by atoms with Crippen molar-refractivity contribution in [2.45, 2.75) is 11.3 Å². The number of thiophene rings is 1. The van der Waals surface area contributed by atoms with Crippen LogP contribution in [-0.2, 0) is 4.87 Å². The number of hydrogen-bond donors (Lipinski definition) is 1. The minimum absolute atomic E-state index is 0.0875. The van der Waals surface area contributed by atoms with E-state index in [0.717, 1.165) is 10.3 Å². The molecule has 1 heterocycles. The van der Waals surface area contributed by atoms with Gasteiger partial charge in [0.15, 0.2) is 0 Å². The lowest BCUT2D eigenvalue weighted by Gasteiger charge is -2.25. The Morgan fingerprint density at radius 2 is 2.43 bits per heavy atom. The zero-order valence-corrected chi connectivity index (χ0v) is 9.18. The van der Waals surface area contributed by atoms with Gasteiger partial charge in [0.25, 0.3) is 0 Å². The zero-order chi connectivity index (χ0) is 10.0. The van der Waals surface area contributed by atoms with Gasteiger partial charge < -0.3 is 5.02 Å². The summed E-state index contributed by atoms with van der Waals surface area (Å²) in [4.78, 5) is 0.690. The minimum Gasteiger partial charge on any atom is -0.449 e. The van der Waals surface area contributed by atoms with Gasteiger partial charge in [0.1, 0.15) is 0 Å². The molecule has 1 atom stereocenters. The Hall–Kier alpha value is -0.505. The molecule has 0 spiro atoms. The maximum absolute atomic E-state index is 9.06. The molecule has 1 aliphatic rings. The standard InChI is InChI=1S/C10H10BClOS/c12-10(9-4-2-6-14-9)5-1-3-8(7-10)11-13/h1-6,11,13H,7H2. The second-order valence-corrected chi connectivity index (χ2v) is 4.98. The third-order valence-electron chi connectivity index (χ3n) is 2.31. The van der Waals surface area contributed by atoms with Crippen molar-refractivity contribution >= 4 is 30.4 Å². The van der Waals surface area contributed by atoms with E-state index in [1.807, 2.05) is 35.7 Å². The number of allylic oxidation sites excluding steroid dienone is 4. The van der Waals surface area contributed by atoms with E-state index >= 15 is 0 Å². The monoisotopic (exact) mass is 224 g/mol. The van der Waals surface area contributed by atoms with Gasteiger partial charge in [-0.05, 0) is 17.9 Å². The molecule has 0 amide bonds. The fourth-order valence-electron chi connectivity index (χ4n) is 1.58. The molecule has 2 rings (SSSR count). The van der Waals surface area contributed by atoms with Crippen molar-refractivity contribution in [3.63, 3.8) is 0 Å². The molecule has 1 N–H and O–H groups in total. The molecule has 0 aromatic carbocycles. The second-order valence-electron chi connectivity index (χ2n) is 3.36. The molecule has 0 saturated heterocycles. The number of alkyl halides is 1. The van der Waals surface area contributed by atoms with Crippen LogP contribution in [0.1, 0.15) is 11.3 Å². The van der Waals surface area contributed by atoms with Gasteiger partial charge in [-0.1, -0.05) is 29.8 Å². The molecule has 0 fully saturated rings. The van der Waals surface area contributed by atoms with Crippen LogP contribution < -0.4 is 0 Å². The van der Waals surface area contributed by atoms with Gasteiger partial charge in [-0.25, -0.2) is 0 Å². The number of hydrogen-bond acceptors (Lipinski definition) is 2. The quantitative estimate of drug-likeness (QED) is 0.604. The van der Waals surface area contributed by atoms with Crippen molar-refractivity contribution in [3.05, 3.63) is 46.1 Å². The molecule has 0 aliphatic heterocycles. The van der Waals surface area contributed by atoms with Gasteiger partial charge in [0.05, 0.1) is 4.87 Å². The lowest BCUT2D eigenvalue weighted by molar-refractivity contribution is 0.602. The molecule has 0 radical (unpaired) electrons. The van der Waals surface area contributed by atoms with Crippen molar-refractivity contribution in [1.29, 1.82) is 0 Å². The van der Waals surface area contributed by atoms with Crippen molar-refractivity contribution in [1.82, 2.24) is 0 Å². The SMILES string of the molecule is OBC1=CC=CC(Cl)(c2cccs2)C1. The Balaban J connectivity index is 2.28. The van der Waals surface area contributed by atoms with Gasteiger partial charge in [0, 0.05) is 4.88 Å². The molecule has 1 aromatic heterocycles. The Morgan fingerprint density at radius 1 is 1.57 bits per heavy atom. The van der Waals surface area contributed by atoms with E-state index < -0.39 is 4.87 Å². The summed E-state index contributed by atoms with van der Waals surface area (Å²) < 4.78 is 0. The average molecular weight is 225 g/mol. The van der Waals surface area contributed by atoms with Crippen LogP contribution in [0.5, 0.6) is 0 Å². The second kappa shape index (κ2) is 3.93. The van der Waals surface area contributed by atoms with Gasteiger partial charge in [-0.3, -0.25) is 0 Å². The predicted octanol–water partition coefficient (Wildman–Crippen LogP) is 2.37. The van der Waals surface area contributed by atoms with E-state index in [1.54, 1.807) is 11.3 Å². The van der Waals surface area contributed by atoms with Gasteiger partial charge >= 0.3 is 7.48 Å². The van der Waals surface area contributed by atoms with E-state index in [9.17, 15) is 0 Å². The van der Waals surface area contributed by atoms with Gasteiger partial charge in [-0.15, -0.1) is 22.9 Å². The van der Waals surface area contributed by atoms with E-state index in [-0.39, 0.29) is 7.48 Å². The number of rotatable bonds is 2. The van der Waals surface area contributed by atoms with Crippen LogP contribution >= 0.6 is 22.9 Å². The Labute approximate surface area is 93.0 Å². The van der Waals surface area contributed by atoms with Crippen molar-refractivity contribution in [2.24, 2.45) is 0 Å². The first-order chi connectivity index (χ1) is 6.74. The summed E-state index contributed by atoms with van der Waals surface area (Å²) in [7, 11) is 0.0875. The molecule has 1 aliphatic carbocycles. The van der Waals surface area contributed by atoms with E-state index in [2.05, 4.69) is 0 Å². The summed E-state index contributed by atoms with van der Waals surface area (Å²) in [6.45, 7) is 0. The summed E-state index contributed by atoms with van der Waals surface area (Å²) in [5, 5.41) is 11.1. The fraction of sp³-hybridized carbons (Fsp3) is 0.200. The third kappa shape index (κ3) is 1.80. The summed E-state index contributed by atoms with van der Waals surface area (Å²) in [6, 6.07) is 4.03. The zero-order valence-electron chi connectivity index (χ0n) is 7.61. The average Bonchev–Trinajstić information content (AvgIpc) is 2.71. The Kier molecular flexibility index (Phi) is 2.82. The number of halogens is 1. The third-order valence-corrected chi connectivity index (χ3v) is 3.93. The van der Waals surface area contributed by atoms with Crippen LogP contribution in [0.3, 0.4) is 0 Å². The molecule has 14 heavy (non-hydrogen) atoms.